The van der Waals surface area contributed by atoms with Gasteiger partial charge < -0.3 is 9.47 Å². The van der Waals surface area contributed by atoms with Crippen LogP contribution in [0.3, 0.4) is 0 Å². The Bertz CT molecular complexity index is 578. The Morgan fingerprint density at radius 2 is 2.05 bits per heavy atom. The number of nitrogens with zero attached hydrogens (tertiary/aromatic N) is 1. The Hall–Kier alpha value is -1.63. The molecule has 0 unspecified atom stereocenters. The molecule has 0 amide bonds. The third-order valence-corrected chi connectivity index (χ3v) is 4.53. The van der Waals surface area contributed by atoms with Gasteiger partial charge in [0.15, 0.2) is 0 Å². The molecule has 3 aliphatic rings. The molecule has 2 bridgehead atoms. The van der Waals surface area contributed by atoms with Crippen molar-refractivity contribution in [3.8, 4) is 0 Å². The van der Waals surface area contributed by atoms with E-state index in [0.717, 1.165) is 25.0 Å². The smallest absolute Gasteiger partial charge is 0.433 e. The van der Waals surface area contributed by atoms with Gasteiger partial charge in [-0.15, -0.1) is 0 Å². The van der Waals surface area contributed by atoms with Gasteiger partial charge in [0.25, 0.3) is 0 Å². The number of ether oxygens (including phenoxy) is 2. The van der Waals surface area contributed by atoms with E-state index in [9.17, 15) is 18.0 Å². The number of hydrogen-bond acceptors (Lipinski definition) is 4. The number of rotatable bonds is 2. The van der Waals surface area contributed by atoms with Crippen molar-refractivity contribution >= 4 is 5.97 Å². The van der Waals surface area contributed by atoms with Crippen molar-refractivity contribution in [2.24, 2.45) is 5.92 Å². The first kappa shape index (κ1) is 15.3. The Morgan fingerprint density at radius 3 is 2.55 bits per heavy atom. The van der Waals surface area contributed by atoms with Crippen LogP contribution in [0.5, 0.6) is 0 Å². The van der Waals surface area contributed by atoms with E-state index in [1.165, 1.54) is 7.11 Å². The second-order valence-electron chi connectivity index (χ2n) is 5.83. The zero-order valence-electron chi connectivity index (χ0n) is 12.1. The van der Waals surface area contributed by atoms with Crippen molar-refractivity contribution in [2.75, 3.05) is 13.7 Å². The molecule has 1 saturated carbocycles. The molecule has 7 heteroatoms. The van der Waals surface area contributed by atoms with Crippen molar-refractivity contribution in [3.05, 3.63) is 29.1 Å². The van der Waals surface area contributed by atoms with Crippen LogP contribution in [-0.4, -0.2) is 24.7 Å². The maximum absolute atomic E-state index is 13.0. The van der Waals surface area contributed by atoms with Gasteiger partial charge in [-0.3, -0.25) is 0 Å². The van der Waals surface area contributed by atoms with Gasteiger partial charge in [-0.25, -0.2) is 9.78 Å². The molecular weight excluding hydrogens is 299 g/mol. The van der Waals surface area contributed by atoms with E-state index in [4.69, 9.17) is 4.74 Å². The number of pyridine rings is 1. The quantitative estimate of drug-likeness (QED) is 0.786. The number of methoxy groups -OCH3 is 1. The Morgan fingerprint density at radius 1 is 1.36 bits per heavy atom. The molecular formula is C15H16F3NO3. The van der Waals surface area contributed by atoms with E-state index in [0.29, 0.717) is 25.4 Å². The summed E-state index contributed by atoms with van der Waals surface area (Å²) >= 11 is 0. The molecule has 120 valence electrons. The lowest BCUT2D eigenvalue weighted by Crippen LogP contribution is -2.44. The van der Waals surface area contributed by atoms with E-state index in [2.05, 4.69) is 9.72 Å². The predicted molar refractivity (Wildman–Crippen MR) is 70.2 cm³/mol. The fourth-order valence-electron chi connectivity index (χ4n) is 3.28. The highest BCUT2D eigenvalue weighted by Crippen LogP contribution is 2.48. The number of aromatic nitrogens is 1. The molecule has 4 nitrogen and oxygen atoms in total. The van der Waals surface area contributed by atoms with E-state index >= 15 is 0 Å². The molecule has 2 saturated heterocycles. The number of esters is 1. The molecule has 0 atom stereocenters. The standard InChI is InChI=1S/C15H16F3NO3/c1-21-13(20)10-2-3-11(15(16,17)18)19-12(10)14-6-4-9(5-7-14)8-22-14/h2-3,9H,4-8H2,1H3. The van der Waals surface area contributed by atoms with E-state index < -0.39 is 23.4 Å². The number of fused-ring (bicyclic) bond motifs is 3. The maximum atomic E-state index is 13.0. The van der Waals surface area contributed by atoms with Crippen LogP contribution in [0.15, 0.2) is 12.1 Å². The zero-order chi connectivity index (χ0) is 16.0. The van der Waals surface area contributed by atoms with Crippen LogP contribution in [0.1, 0.15) is 47.4 Å². The molecule has 1 aliphatic carbocycles. The molecule has 0 N–H and O–H groups in total. The third-order valence-electron chi connectivity index (χ3n) is 4.53. The topological polar surface area (TPSA) is 48.4 Å². The number of halogens is 3. The van der Waals surface area contributed by atoms with Gasteiger partial charge >= 0.3 is 12.1 Å². The highest BCUT2D eigenvalue weighted by atomic mass is 19.4. The van der Waals surface area contributed by atoms with E-state index in [1.54, 1.807) is 0 Å². The second-order valence-corrected chi connectivity index (χ2v) is 5.83. The molecule has 0 radical (unpaired) electrons. The Labute approximate surface area is 125 Å². The summed E-state index contributed by atoms with van der Waals surface area (Å²) in [5, 5.41) is 0. The second kappa shape index (κ2) is 5.22. The number of alkyl halides is 3. The molecule has 0 spiro atoms. The minimum atomic E-state index is -4.56. The lowest BCUT2D eigenvalue weighted by Gasteiger charge is -2.46. The number of carbonyl (C=O) groups is 1. The Kier molecular flexibility index (Phi) is 3.63. The minimum Gasteiger partial charge on any atom is -0.465 e. The average Bonchev–Trinajstić information content (AvgIpc) is 2.54. The maximum Gasteiger partial charge on any atom is 0.433 e. The Balaban J connectivity index is 2.11. The van der Waals surface area contributed by atoms with Crippen LogP contribution in [0.2, 0.25) is 0 Å². The average molecular weight is 315 g/mol. The monoisotopic (exact) mass is 315 g/mol. The van der Waals surface area contributed by atoms with Gasteiger partial charge in [0.1, 0.15) is 11.3 Å². The molecule has 2 aliphatic heterocycles. The number of carbonyl (C=O) groups excluding carboxylic acids is 1. The van der Waals surface area contributed by atoms with E-state index in [-0.39, 0.29) is 11.3 Å². The summed E-state index contributed by atoms with van der Waals surface area (Å²) in [6.07, 6.45) is -1.66. The molecule has 1 aromatic heterocycles. The lowest BCUT2D eigenvalue weighted by atomic mass is 9.73. The van der Waals surface area contributed by atoms with Crippen molar-refractivity contribution in [1.82, 2.24) is 4.98 Å². The summed E-state index contributed by atoms with van der Waals surface area (Å²) in [5.41, 5.74) is -1.80. The zero-order valence-corrected chi connectivity index (χ0v) is 12.1. The summed E-state index contributed by atoms with van der Waals surface area (Å²) in [7, 11) is 1.19. The van der Waals surface area contributed by atoms with Gasteiger partial charge in [0, 0.05) is 0 Å². The first-order valence-electron chi connectivity index (χ1n) is 7.17. The van der Waals surface area contributed by atoms with Crippen LogP contribution in [0.4, 0.5) is 13.2 Å². The van der Waals surface area contributed by atoms with Crippen LogP contribution in [-0.2, 0) is 21.3 Å². The van der Waals surface area contributed by atoms with Crippen molar-refractivity contribution in [1.29, 1.82) is 0 Å². The summed E-state index contributed by atoms with van der Waals surface area (Å²) in [5.74, 6) is -0.240. The largest absolute Gasteiger partial charge is 0.465 e. The summed E-state index contributed by atoms with van der Waals surface area (Å²) < 4.78 is 49.4. The van der Waals surface area contributed by atoms with Crippen LogP contribution in [0.25, 0.3) is 0 Å². The van der Waals surface area contributed by atoms with Crippen molar-refractivity contribution in [2.45, 2.75) is 37.5 Å². The van der Waals surface area contributed by atoms with Crippen LogP contribution < -0.4 is 0 Å². The normalized spacial score (nSPS) is 27.7. The van der Waals surface area contributed by atoms with Crippen molar-refractivity contribution in [3.63, 3.8) is 0 Å². The fraction of sp³-hybridized carbons (Fsp3) is 0.600. The van der Waals surface area contributed by atoms with Crippen LogP contribution in [0, 0.1) is 5.92 Å². The molecule has 22 heavy (non-hydrogen) atoms. The molecule has 3 heterocycles. The highest BCUT2D eigenvalue weighted by Gasteiger charge is 2.47. The van der Waals surface area contributed by atoms with Gasteiger partial charge in [-0.2, -0.15) is 13.2 Å². The van der Waals surface area contributed by atoms with Gasteiger partial charge in [0.2, 0.25) is 0 Å². The lowest BCUT2D eigenvalue weighted by molar-refractivity contribution is -0.156. The molecule has 1 aromatic rings. The summed E-state index contributed by atoms with van der Waals surface area (Å²) in [6, 6.07) is 1.94. The summed E-state index contributed by atoms with van der Waals surface area (Å²) in [4.78, 5) is 15.7. The SMILES string of the molecule is COC(=O)c1ccc(C(F)(F)F)nc1C12CCC(CC1)CO2. The third kappa shape index (κ3) is 2.47. The van der Waals surface area contributed by atoms with Gasteiger partial charge in [0.05, 0.1) is 25.0 Å². The molecule has 4 rings (SSSR count). The highest BCUT2D eigenvalue weighted by molar-refractivity contribution is 5.90. The predicted octanol–water partition coefficient (Wildman–Crippen LogP) is 3.30. The van der Waals surface area contributed by atoms with Gasteiger partial charge in [-0.1, -0.05) is 0 Å². The van der Waals surface area contributed by atoms with Gasteiger partial charge in [-0.05, 0) is 43.7 Å². The van der Waals surface area contributed by atoms with Crippen LogP contribution >= 0.6 is 0 Å². The molecule has 3 fully saturated rings. The summed E-state index contributed by atoms with van der Waals surface area (Å²) in [6.45, 7) is 0.499. The van der Waals surface area contributed by atoms with Crippen molar-refractivity contribution < 1.29 is 27.4 Å². The first-order valence-corrected chi connectivity index (χ1v) is 7.17. The fourth-order valence-corrected chi connectivity index (χ4v) is 3.28. The van der Waals surface area contributed by atoms with E-state index in [1.807, 2.05) is 0 Å². The molecule has 0 aromatic carbocycles. The number of hydrogen-bond donors (Lipinski definition) is 0. The first-order chi connectivity index (χ1) is 10.4. The minimum absolute atomic E-state index is 0.0517.